The molecule has 0 N–H and O–H groups in total. The quantitative estimate of drug-likeness (QED) is 0.0722. The maximum absolute atomic E-state index is 3.76. The first-order valence-corrected chi connectivity index (χ1v) is 16.5. The molecule has 0 saturated carbocycles. The van der Waals surface area contributed by atoms with Gasteiger partial charge < -0.3 is 0 Å². The van der Waals surface area contributed by atoms with E-state index in [-0.39, 0.29) is 0 Å². The smallest absolute Gasteiger partial charge is 0.0353 e. The van der Waals surface area contributed by atoms with E-state index in [1.54, 1.807) is 0 Å². The van der Waals surface area contributed by atoms with Crippen LogP contribution in [0.1, 0.15) is 200 Å². The second kappa shape index (κ2) is 38.0. The predicted molar refractivity (Wildman–Crippen MR) is 166 cm³/mol. The van der Waals surface area contributed by atoms with Crippen LogP contribution in [-0.4, -0.2) is 0 Å². The standard InChI is InChI=1S/C18H36.C17H34/c1-3-5-7-9-11-13-15-17-18-16-14-12-10-8-6-4-2;1-3-5-7-9-11-13-15-17-16-14-12-10-8-6-4-2/h3H,1,4-18H2,2H3;3H,1,4-17H2,2H3. The second-order valence-corrected chi connectivity index (χ2v) is 11.0. The minimum absolute atomic E-state index is 1.21. The highest BCUT2D eigenvalue weighted by atomic mass is 14.0. The molecule has 35 heavy (non-hydrogen) atoms. The van der Waals surface area contributed by atoms with Gasteiger partial charge in [0.2, 0.25) is 0 Å². The summed E-state index contributed by atoms with van der Waals surface area (Å²) in [5.74, 6) is 0. The SMILES string of the molecule is C=CCCCCCCCCCCCCCCC.C=CCCCCCCCCCCCCCCCC. The first-order valence-electron chi connectivity index (χ1n) is 16.5. The van der Waals surface area contributed by atoms with Crippen LogP contribution in [0.3, 0.4) is 0 Å². The van der Waals surface area contributed by atoms with Crippen LogP contribution in [0.2, 0.25) is 0 Å². The van der Waals surface area contributed by atoms with Crippen LogP contribution in [0.5, 0.6) is 0 Å². The molecule has 0 aromatic heterocycles. The van der Waals surface area contributed by atoms with Crippen LogP contribution in [0.4, 0.5) is 0 Å². The predicted octanol–water partition coefficient (Wildman–Crippen LogP) is 13.7. The number of allylic oxidation sites excluding steroid dienone is 2. The van der Waals surface area contributed by atoms with Gasteiger partial charge in [0.1, 0.15) is 0 Å². The minimum atomic E-state index is 1.21. The Kier molecular flexibility index (Phi) is 39.8. The van der Waals surface area contributed by atoms with E-state index in [2.05, 4.69) is 27.0 Å². The van der Waals surface area contributed by atoms with E-state index in [4.69, 9.17) is 0 Å². The van der Waals surface area contributed by atoms with Crippen molar-refractivity contribution in [2.45, 2.75) is 200 Å². The summed E-state index contributed by atoms with van der Waals surface area (Å²) in [5, 5.41) is 0. The molecule has 0 radical (unpaired) electrons. The fourth-order valence-corrected chi connectivity index (χ4v) is 4.79. The third-order valence-corrected chi connectivity index (χ3v) is 7.27. The number of hydrogen-bond acceptors (Lipinski definition) is 0. The highest BCUT2D eigenvalue weighted by molar-refractivity contribution is 4.66. The fourth-order valence-electron chi connectivity index (χ4n) is 4.79. The molecular weight excluding hydrogens is 420 g/mol. The molecule has 0 fully saturated rings. The lowest BCUT2D eigenvalue weighted by molar-refractivity contribution is 0.536. The van der Waals surface area contributed by atoms with Gasteiger partial charge in [0.05, 0.1) is 0 Å². The van der Waals surface area contributed by atoms with Crippen LogP contribution in [-0.2, 0) is 0 Å². The Balaban J connectivity index is 0. The summed E-state index contributed by atoms with van der Waals surface area (Å²) in [5.41, 5.74) is 0. The van der Waals surface area contributed by atoms with Gasteiger partial charge in [0.15, 0.2) is 0 Å². The van der Waals surface area contributed by atoms with Crippen molar-refractivity contribution in [2.75, 3.05) is 0 Å². The van der Waals surface area contributed by atoms with Gasteiger partial charge in [-0.2, -0.15) is 0 Å². The van der Waals surface area contributed by atoms with Gasteiger partial charge in [-0.3, -0.25) is 0 Å². The Labute approximate surface area is 225 Å². The summed E-state index contributed by atoms with van der Waals surface area (Å²) in [4.78, 5) is 0. The maximum atomic E-state index is 3.76. The van der Waals surface area contributed by atoms with E-state index < -0.39 is 0 Å². The highest BCUT2D eigenvalue weighted by Crippen LogP contribution is 2.14. The molecule has 0 aromatic rings. The van der Waals surface area contributed by atoms with E-state index in [1.165, 1.54) is 186 Å². The molecule has 0 heterocycles. The van der Waals surface area contributed by atoms with E-state index in [0.717, 1.165) is 0 Å². The molecule has 0 atom stereocenters. The monoisotopic (exact) mass is 491 g/mol. The van der Waals surface area contributed by atoms with Gasteiger partial charge in [0.25, 0.3) is 0 Å². The fraction of sp³-hybridized carbons (Fsp3) is 0.886. The minimum Gasteiger partial charge on any atom is -0.103 e. The molecule has 0 bridgehead atoms. The highest BCUT2D eigenvalue weighted by Gasteiger charge is 1.94. The summed E-state index contributed by atoms with van der Waals surface area (Å²) in [7, 11) is 0. The van der Waals surface area contributed by atoms with Gasteiger partial charge in [-0.15, -0.1) is 13.2 Å². The van der Waals surface area contributed by atoms with E-state index >= 15 is 0 Å². The number of unbranched alkanes of at least 4 members (excludes halogenated alkanes) is 27. The average Bonchev–Trinajstić information content (AvgIpc) is 2.87. The molecule has 0 aliphatic carbocycles. The summed E-state index contributed by atoms with van der Waals surface area (Å²) in [6.45, 7) is 12.1. The zero-order valence-electron chi connectivity index (χ0n) is 25.1. The Morgan fingerprint density at radius 3 is 0.629 bits per heavy atom. The van der Waals surface area contributed by atoms with Gasteiger partial charge >= 0.3 is 0 Å². The van der Waals surface area contributed by atoms with Crippen molar-refractivity contribution in [3.05, 3.63) is 25.3 Å². The maximum Gasteiger partial charge on any atom is -0.0353 e. The van der Waals surface area contributed by atoms with Gasteiger partial charge in [-0.1, -0.05) is 187 Å². The normalized spacial score (nSPS) is 10.7. The summed E-state index contributed by atoms with van der Waals surface area (Å²) in [6, 6.07) is 0. The van der Waals surface area contributed by atoms with Crippen LogP contribution < -0.4 is 0 Å². The van der Waals surface area contributed by atoms with Crippen molar-refractivity contribution in [1.82, 2.24) is 0 Å². The van der Waals surface area contributed by atoms with Crippen molar-refractivity contribution in [3.8, 4) is 0 Å². The summed E-state index contributed by atoms with van der Waals surface area (Å²) < 4.78 is 0. The van der Waals surface area contributed by atoms with E-state index in [9.17, 15) is 0 Å². The van der Waals surface area contributed by atoms with Gasteiger partial charge in [-0.25, -0.2) is 0 Å². The zero-order valence-corrected chi connectivity index (χ0v) is 25.1. The van der Waals surface area contributed by atoms with Crippen molar-refractivity contribution >= 4 is 0 Å². The molecule has 0 heteroatoms. The Morgan fingerprint density at radius 2 is 0.457 bits per heavy atom. The van der Waals surface area contributed by atoms with Gasteiger partial charge in [-0.05, 0) is 25.7 Å². The average molecular weight is 491 g/mol. The van der Waals surface area contributed by atoms with Crippen molar-refractivity contribution < 1.29 is 0 Å². The lowest BCUT2D eigenvalue weighted by atomic mass is 10.0. The van der Waals surface area contributed by atoms with Crippen LogP contribution in [0.25, 0.3) is 0 Å². The van der Waals surface area contributed by atoms with E-state index in [1.807, 2.05) is 12.2 Å². The topological polar surface area (TPSA) is 0 Å². The van der Waals surface area contributed by atoms with Crippen molar-refractivity contribution in [3.63, 3.8) is 0 Å². The van der Waals surface area contributed by atoms with Crippen LogP contribution in [0.15, 0.2) is 25.3 Å². The Morgan fingerprint density at radius 1 is 0.286 bits per heavy atom. The lowest BCUT2D eigenvalue weighted by Crippen LogP contribution is -1.83. The molecule has 0 amide bonds. The van der Waals surface area contributed by atoms with Crippen LogP contribution in [0, 0.1) is 0 Å². The largest absolute Gasteiger partial charge is 0.103 e. The van der Waals surface area contributed by atoms with Crippen LogP contribution >= 0.6 is 0 Å². The third-order valence-electron chi connectivity index (χ3n) is 7.27. The molecule has 0 aromatic carbocycles. The van der Waals surface area contributed by atoms with E-state index in [0.29, 0.717) is 0 Å². The molecule has 210 valence electrons. The third kappa shape index (κ3) is 40.9. The lowest BCUT2D eigenvalue weighted by Gasteiger charge is -2.02. The first kappa shape index (κ1) is 36.6. The summed E-state index contributed by atoms with van der Waals surface area (Å²) in [6.07, 6.45) is 45.4. The Hall–Kier alpha value is -0.520. The number of rotatable bonds is 29. The second-order valence-electron chi connectivity index (χ2n) is 11.0. The Bertz CT molecular complexity index is 355. The number of hydrogen-bond donors (Lipinski definition) is 0. The van der Waals surface area contributed by atoms with Gasteiger partial charge in [0, 0.05) is 0 Å². The summed E-state index contributed by atoms with van der Waals surface area (Å²) >= 11 is 0. The first-order chi connectivity index (χ1) is 17.3. The van der Waals surface area contributed by atoms with Crippen molar-refractivity contribution in [1.29, 1.82) is 0 Å². The molecule has 0 nitrogen and oxygen atoms in total. The molecule has 0 aliphatic heterocycles. The zero-order chi connectivity index (χ0) is 25.9. The molecule has 0 spiro atoms. The molecule has 0 aliphatic rings. The van der Waals surface area contributed by atoms with Crippen molar-refractivity contribution in [2.24, 2.45) is 0 Å². The molecule has 0 saturated heterocycles. The molecule has 0 rings (SSSR count). The molecule has 0 unspecified atom stereocenters. The molecular formula is C35H70.